The topological polar surface area (TPSA) is 61.4 Å². The van der Waals surface area contributed by atoms with Gasteiger partial charge in [-0.1, -0.05) is 12.8 Å². The number of aliphatic hydroxyl groups excluding tert-OH is 1. The molecule has 7 heteroatoms. The molecule has 2 rings (SSSR count). The second-order valence-electron chi connectivity index (χ2n) is 5.89. The molecule has 1 amide bonds. The van der Waals surface area contributed by atoms with Crippen LogP contribution < -0.4 is 10.6 Å². The summed E-state index contributed by atoms with van der Waals surface area (Å²) < 4.78 is 26.0. The van der Waals surface area contributed by atoms with Gasteiger partial charge in [0.05, 0.1) is 12.6 Å². The first-order valence-electron chi connectivity index (χ1n) is 6.96. The van der Waals surface area contributed by atoms with Crippen LogP contribution in [0.4, 0.5) is 8.78 Å². The molecule has 3 N–H and O–H groups in total. The van der Waals surface area contributed by atoms with Crippen molar-refractivity contribution in [1.82, 2.24) is 10.6 Å². The van der Waals surface area contributed by atoms with Crippen LogP contribution >= 0.6 is 12.4 Å². The maximum atomic E-state index is 13.0. The molecule has 1 heterocycles. The van der Waals surface area contributed by atoms with E-state index in [1.54, 1.807) is 0 Å². The summed E-state index contributed by atoms with van der Waals surface area (Å²) in [5, 5.41) is 14.5. The van der Waals surface area contributed by atoms with Crippen molar-refractivity contribution in [1.29, 1.82) is 0 Å². The van der Waals surface area contributed by atoms with Crippen LogP contribution in [0.3, 0.4) is 0 Å². The van der Waals surface area contributed by atoms with Crippen LogP contribution in [-0.4, -0.2) is 42.7 Å². The monoisotopic (exact) mass is 312 g/mol. The first-order valence-corrected chi connectivity index (χ1v) is 6.96. The standard InChI is InChI=1S/C13H22F2N2O2.ClH/c14-13(15)7-10(16-9-13)11(19)17-8-12(5-6-18)3-1-2-4-12;/h10,16,18H,1-9H2,(H,17,19);1H. The number of hydrogen-bond acceptors (Lipinski definition) is 3. The van der Waals surface area contributed by atoms with Gasteiger partial charge in [-0.05, 0) is 24.7 Å². The van der Waals surface area contributed by atoms with Crippen LogP contribution in [0.2, 0.25) is 0 Å². The summed E-state index contributed by atoms with van der Waals surface area (Å²) in [5.41, 5.74) is -0.0362. The molecular formula is C13H23ClF2N2O2. The normalized spacial score (nSPS) is 27.1. The zero-order valence-corrected chi connectivity index (χ0v) is 12.3. The SMILES string of the molecule is Cl.O=C(NCC1(CCO)CCCC1)C1CC(F)(F)CN1. The summed E-state index contributed by atoms with van der Waals surface area (Å²) in [4.78, 5) is 11.9. The van der Waals surface area contributed by atoms with Crippen LogP contribution in [0.5, 0.6) is 0 Å². The smallest absolute Gasteiger partial charge is 0.262 e. The molecule has 1 aliphatic carbocycles. The molecule has 0 aromatic carbocycles. The summed E-state index contributed by atoms with van der Waals surface area (Å²) in [5.74, 6) is -3.13. The molecule has 20 heavy (non-hydrogen) atoms. The van der Waals surface area contributed by atoms with Crippen LogP contribution in [0.25, 0.3) is 0 Å². The maximum Gasteiger partial charge on any atom is 0.262 e. The minimum absolute atomic E-state index is 0. The first-order chi connectivity index (χ1) is 8.96. The number of halogens is 3. The van der Waals surface area contributed by atoms with Gasteiger partial charge < -0.3 is 10.4 Å². The van der Waals surface area contributed by atoms with Gasteiger partial charge in [0.1, 0.15) is 0 Å². The van der Waals surface area contributed by atoms with Crippen molar-refractivity contribution in [2.24, 2.45) is 5.41 Å². The fraction of sp³-hybridized carbons (Fsp3) is 0.923. The van der Waals surface area contributed by atoms with Crippen molar-refractivity contribution in [3.63, 3.8) is 0 Å². The van der Waals surface area contributed by atoms with Crippen molar-refractivity contribution >= 4 is 18.3 Å². The van der Waals surface area contributed by atoms with Crippen molar-refractivity contribution in [2.45, 2.75) is 50.5 Å². The van der Waals surface area contributed by atoms with Crippen LogP contribution in [0.15, 0.2) is 0 Å². The van der Waals surface area contributed by atoms with Gasteiger partial charge in [-0.2, -0.15) is 0 Å². The third kappa shape index (κ3) is 4.27. The van der Waals surface area contributed by atoms with E-state index in [1.807, 2.05) is 0 Å². The zero-order chi connectivity index (χ0) is 13.9. The van der Waals surface area contributed by atoms with Crippen LogP contribution in [0, 0.1) is 5.41 Å². The molecule has 0 radical (unpaired) electrons. The fourth-order valence-electron chi connectivity index (χ4n) is 3.18. The van der Waals surface area contributed by atoms with E-state index >= 15 is 0 Å². The number of alkyl halides is 2. The van der Waals surface area contributed by atoms with E-state index in [9.17, 15) is 13.6 Å². The third-order valence-electron chi connectivity index (χ3n) is 4.37. The van der Waals surface area contributed by atoms with Crippen LogP contribution in [-0.2, 0) is 4.79 Å². The Balaban J connectivity index is 0.00000200. The first kappa shape index (κ1) is 17.6. The third-order valence-corrected chi connectivity index (χ3v) is 4.37. The lowest BCUT2D eigenvalue weighted by molar-refractivity contribution is -0.124. The Morgan fingerprint density at radius 1 is 1.35 bits per heavy atom. The van der Waals surface area contributed by atoms with Gasteiger partial charge in [0.25, 0.3) is 5.92 Å². The predicted octanol–water partition coefficient (Wildman–Crippen LogP) is 1.46. The van der Waals surface area contributed by atoms with Crippen molar-refractivity contribution in [2.75, 3.05) is 19.7 Å². The highest BCUT2D eigenvalue weighted by Gasteiger charge is 2.43. The van der Waals surface area contributed by atoms with Crippen molar-refractivity contribution < 1.29 is 18.7 Å². The Bertz CT molecular complexity index is 336. The van der Waals surface area contributed by atoms with E-state index in [-0.39, 0.29) is 30.3 Å². The molecule has 0 spiro atoms. The Labute approximate surface area is 124 Å². The average molecular weight is 313 g/mol. The quantitative estimate of drug-likeness (QED) is 0.720. The number of hydrogen-bond donors (Lipinski definition) is 3. The Morgan fingerprint density at radius 2 is 2.00 bits per heavy atom. The van der Waals surface area contributed by atoms with Gasteiger partial charge in [0, 0.05) is 19.6 Å². The van der Waals surface area contributed by atoms with E-state index in [0.717, 1.165) is 25.7 Å². The minimum Gasteiger partial charge on any atom is -0.396 e. The summed E-state index contributed by atoms with van der Waals surface area (Å²) in [6, 6.07) is -0.789. The molecule has 118 valence electrons. The second-order valence-corrected chi connectivity index (χ2v) is 5.89. The number of amides is 1. The van der Waals surface area contributed by atoms with Gasteiger partial charge in [-0.25, -0.2) is 8.78 Å². The van der Waals surface area contributed by atoms with E-state index < -0.39 is 24.9 Å². The molecule has 1 saturated carbocycles. The molecule has 1 aliphatic heterocycles. The highest BCUT2D eigenvalue weighted by atomic mass is 35.5. The van der Waals surface area contributed by atoms with Gasteiger partial charge in [-0.3, -0.25) is 10.1 Å². The summed E-state index contributed by atoms with van der Waals surface area (Å²) in [6.45, 7) is 0.165. The van der Waals surface area contributed by atoms with Gasteiger partial charge in [0.15, 0.2) is 0 Å². The molecule has 0 aromatic rings. The molecule has 2 aliphatic rings. The fourth-order valence-corrected chi connectivity index (χ4v) is 3.18. The minimum atomic E-state index is -2.78. The van der Waals surface area contributed by atoms with E-state index in [2.05, 4.69) is 10.6 Å². The summed E-state index contributed by atoms with van der Waals surface area (Å²) in [7, 11) is 0. The number of carbonyl (C=O) groups is 1. The zero-order valence-electron chi connectivity index (χ0n) is 11.5. The lowest BCUT2D eigenvalue weighted by atomic mass is 9.83. The molecular weight excluding hydrogens is 290 g/mol. The van der Waals surface area contributed by atoms with Gasteiger partial charge in [-0.15, -0.1) is 12.4 Å². The highest BCUT2D eigenvalue weighted by molar-refractivity contribution is 5.85. The molecule has 4 nitrogen and oxygen atoms in total. The van der Waals surface area contributed by atoms with Gasteiger partial charge >= 0.3 is 0 Å². The van der Waals surface area contributed by atoms with Crippen molar-refractivity contribution in [3.8, 4) is 0 Å². The van der Waals surface area contributed by atoms with Crippen LogP contribution in [0.1, 0.15) is 38.5 Å². The predicted molar refractivity (Wildman–Crippen MR) is 74.2 cm³/mol. The number of rotatable bonds is 5. The molecule has 2 fully saturated rings. The highest BCUT2D eigenvalue weighted by Crippen LogP contribution is 2.40. The summed E-state index contributed by atoms with van der Waals surface area (Å²) in [6.07, 6.45) is 4.43. The van der Waals surface area contributed by atoms with Gasteiger partial charge in [0.2, 0.25) is 5.91 Å². The largest absolute Gasteiger partial charge is 0.396 e. The average Bonchev–Trinajstić information content (AvgIpc) is 2.94. The Hall–Kier alpha value is -0.460. The lowest BCUT2D eigenvalue weighted by Crippen LogP contribution is -2.44. The van der Waals surface area contributed by atoms with E-state index in [4.69, 9.17) is 5.11 Å². The second kappa shape index (κ2) is 7.00. The van der Waals surface area contributed by atoms with E-state index in [0.29, 0.717) is 13.0 Å². The molecule has 1 atom stereocenters. The number of nitrogens with one attached hydrogen (secondary N) is 2. The molecule has 0 bridgehead atoms. The maximum absolute atomic E-state index is 13.0. The molecule has 0 aromatic heterocycles. The Morgan fingerprint density at radius 3 is 2.50 bits per heavy atom. The summed E-state index contributed by atoms with van der Waals surface area (Å²) >= 11 is 0. The van der Waals surface area contributed by atoms with E-state index in [1.165, 1.54) is 0 Å². The number of carbonyl (C=O) groups excluding carboxylic acids is 1. The Kier molecular flexibility index (Phi) is 6.16. The van der Waals surface area contributed by atoms with Crippen molar-refractivity contribution in [3.05, 3.63) is 0 Å². The molecule has 1 saturated heterocycles. The lowest BCUT2D eigenvalue weighted by Gasteiger charge is -2.29. The molecule has 1 unspecified atom stereocenters. The number of aliphatic hydroxyl groups is 1.